The molecular formula is C12H13NO5. The Labute approximate surface area is 104 Å². The molecule has 6 nitrogen and oxygen atoms in total. The van der Waals surface area contributed by atoms with Crippen molar-refractivity contribution in [3.05, 3.63) is 23.8 Å². The molecule has 1 heterocycles. The molecule has 0 aliphatic carbocycles. The number of likely N-dealkylation sites (N-methyl/N-ethyl adjacent to an activating group) is 1. The average molecular weight is 251 g/mol. The number of hydrogen-bond donors (Lipinski definition) is 1. The van der Waals surface area contributed by atoms with Gasteiger partial charge in [0.1, 0.15) is 6.04 Å². The molecular weight excluding hydrogens is 238 g/mol. The smallest absolute Gasteiger partial charge is 0.326 e. The molecule has 1 aliphatic heterocycles. The number of carbonyl (C=O) groups is 2. The predicted octanol–water partition coefficient (Wildman–Crippen LogP) is 0.960. The molecule has 1 amide bonds. The van der Waals surface area contributed by atoms with Crippen molar-refractivity contribution in [2.75, 3.05) is 13.8 Å². The highest BCUT2D eigenvalue weighted by molar-refractivity contribution is 5.97. The normalized spacial score (nSPS) is 14.1. The van der Waals surface area contributed by atoms with Crippen molar-refractivity contribution in [1.29, 1.82) is 0 Å². The van der Waals surface area contributed by atoms with E-state index in [9.17, 15) is 9.59 Å². The minimum absolute atomic E-state index is 0.133. The van der Waals surface area contributed by atoms with Gasteiger partial charge in [-0.1, -0.05) is 0 Å². The number of ether oxygens (including phenoxy) is 2. The fourth-order valence-corrected chi connectivity index (χ4v) is 1.57. The number of nitrogens with zero attached hydrogens (tertiary/aromatic N) is 1. The van der Waals surface area contributed by atoms with Gasteiger partial charge in [0.05, 0.1) is 0 Å². The van der Waals surface area contributed by atoms with E-state index >= 15 is 0 Å². The van der Waals surface area contributed by atoms with Gasteiger partial charge in [-0.15, -0.1) is 0 Å². The third-order valence-electron chi connectivity index (χ3n) is 2.88. The Kier molecular flexibility index (Phi) is 3.10. The number of carbonyl (C=O) groups excluding carboxylic acids is 1. The van der Waals surface area contributed by atoms with Crippen molar-refractivity contribution >= 4 is 11.9 Å². The molecule has 96 valence electrons. The quantitative estimate of drug-likeness (QED) is 0.865. The van der Waals surface area contributed by atoms with Gasteiger partial charge in [0.2, 0.25) is 6.79 Å². The van der Waals surface area contributed by atoms with Crippen LogP contribution in [0.5, 0.6) is 11.5 Å². The fraction of sp³-hybridized carbons (Fsp3) is 0.333. The number of hydrogen-bond acceptors (Lipinski definition) is 4. The summed E-state index contributed by atoms with van der Waals surface area (Å²) in [5.74, 6) is -0.340. The maximum atomic E-state index is 12.1. The first-order valence-electron chi connectivity index (χ1n) is 5.40. The van der Waals surface area contributed by atoms with E-state index < -0.39 is 12.0 Å². The molecule has 0 saturated heterocycles. The molecule has 0 radical (unpaired) electrons. The van der Waals surface area contributed by atoms with Crippen LogP contribution in [0.2, 0.25) is 0 Å². The summed E-state index contributed by atoms with van der Waals surface area (Å²) in [7, 11) is 1.45. The molecule has 0 saturated carbocycles. The van der Waals surface area contributed by atoms with Crippen molar-refractivity contribution in [3.63, 3.8) is 0 Å². The first-order valence-corrected chi connectivity index (χ1v) is 5.40. The lowest BCUT2D eigenvalue weighted by atomic mass is 10.1. The second-order valence-electron chi connectivity index (χ2n) is 4.00. The van der Waals surface area contributed by atoms with Crippen molar-refractivity contribution in [3.8, 4) is 11.5 Å². The number of carboxylic acids is 1. The van der Waals surface area contributed by atoms with Crippen LogP contribution in [-0.2, 0) is 4.79 Å². The molecule has 1 aromatic rings. The molecule has 1 aliphatic rings. The van der Waals surface area contributed by atoms with Crippen LogP contribution in [0.4, 0.5) is 0 Å². The number of benzene rings is 1. The van der Waals surface area contributed by atoms with E-state index in [1.807, 2.05) is 0 Å². The van der Waals surface area contributed by atoms with Gasteiger partial charge < -0.3 is 19.5 Å². The molecule has 1 N–H and O–H groups in total. The number of carboxylic acid groups (broad SMARTS) is 1. The van der Waals surface area contributed by atoms with Gasteiger partial charge in [0.15, 0.2) is 11.5 Å². The minimum Gasteiger partial charge on any atom is -0.480 e. The summed E-state index contributed by atoms with van der Waals surface area (Å²) in [4.78, 5) is 24.0. The van der Waals surface area contributed by atoms with Crippen LogP contribution in [0.1, 0.15) is 17.3 Å². The van der Waals surface area contributed by atoms with Crippen LogP contribution < -0.4 is 9.47 Å². The number of fused-ring (bicyclic) bond motifs is 1. The summed E-state index contributed by atoms with van der Waals surface area (Å²) in [6.45, 7) is 1.58. The monoisotopic (exact) mass is 251 g/mol. The third kappa shape index (κ3) is 2.09. The maximum Gasteiger partial charge on any atom is 0.326 e. The van der Waals surface area contributed by atoms with Crippen LogP contribution in [0.3, 0.4) is 0 Å². The number of rotatable bonds is 3. The van der Waals surface area contributed by atoms with Crippen molar-refractivity contribution < 1.29 is 24.2 Å². The van der Waals surface area contributed by atoms with Crippen LogP contribution in [0.25, 0.3) is 0 Å². The van der Waals surface area contributed by atoms with E-state index in [1.54, 1.807) is 18.2 Å². The van der Waals surface area contributed by atoms with Crippen molar-refractivity contribution in [2.45, 2.75) is 13.0 Å². The Balaban J connectivity index is 2.21. The molecule has 1 aromatic carbocycles. The molecule has 18 heavy (non-hydrogen) atoms. The second kappa shape index (κ2) is 4.56. The Morgan fingerprint density at radius 3 is 2.67 bits per heavy atom. The molecule has 0 fully saturated rings. The summed E-state index contributed by atoms with van der Waals surface area (Å²) in [6.07, 6.45) is 0. The highest BCUT2D eigenvalue weighted by atomic mass is 16.7. The largest absolute Gasteiger partial charge is 0.480 e. The van der Waals surface area contributed by atoms with Gasteiger partial charge in [-0.3, -0.25) is 4.79 Å². The van der Waals surface area contributed by atoms with Gasteiger partial charge in [-0.25, -0.2) is 4.79 Å². The van der Waals surface area contributed by atoms with Crippen LogP contribution >= 0.6 is 0 Å². The lowest BCUT2D eigenvalue weighted by Crippen LogP contribution is -2.40. The molecule has 0 bridgehead atoms. The molecule has 0 spiro atoms. The van der Waals surface area contributed by atoms with E-state index in [0.29, 0.717) is 17.1 Å². The Bertz CT molecular complexity index is 499. The lowest BCUT2D eigenvalue weighted by molar-refractivity contribution is -0.141. The molecule has 6 heteroatoms. The van der Waals surface area contributed by atoms with E-state index in [-0.39, 0.29) is 12.7 Å². The zero-order valence-electron chi connectivity index (χ0n) is 10.0. The highest BCUT2D eigenvalue weighted by Crippen LogP contribution is 2.32. The SMILES string of the molecule is C[C@H](C(=O)O)N(C)C(=O)c1ccc2c(c1)OCO2. The van der Waals surface area contributed by atoms with Gasteiger partial charge in [-0.2, -0.15) is 0 Å². The van der Waals surface area contributed by atoms with E-state index in [1.165, 1.54) is 18.9 Å². The van der Waals surface area contributed by atoms with Gasteiger partial charge >= 0.3 is 5.97 Å². The van der Waals surface area contributed by atoms with Gasteiger partial charge in [-0.05, 0) is 25.1 Å². The minimum atomic E-state index is -1.05. The lowest BCUT2D eigenvalue weighted by Gasteiger charge is -2.21. The number of aliphatic carboxylic acids is 1. The summed E-state index contributed by atoms with van der Waals surface area (Å²) >= 11 is 0. The fourth-order valence-electron chi connectivity index (χ4n) is 1.57. The Morgan fingerprint density at radius 1 is 1.33 bits per heavy atom. The molecule has 0 aromatic heterocycles. The average Bonchev–Trinajstić information content (AvgIpc) is 2.82. The highest BCUT2D eigenvalue weighted by Gasteiger charge is 2.24. The topological polar surface area (TPSA) is 76.1 Å². The van der Waals surface area contributed by atoms with Gasteiger partial charge in [0, 0.05) is 12.6 Å². The third-order valence-corrected chi connectivity index (χ3v) is 2.88. The summed E-state index contributed by atoms with van der Waals surface area (Å²) in [6, 6.07) is 3.88. The first-order chi connectivity index (χ1) is 8.50. The molecule has 2 rings (SSSR count). The molecule has 1 atom stereocenters. The zero-order chi connectivity index (χ0) is 13.3. The van der Waals surface area contributed by atoms with Gasteiger partial charge in [0.25, 0.3) is 5.91 Å². The maximum absolute atomic E-state index is 12.1. The van der Waals surface area contributed by atoms with Crippen LogP contribution in [0, 0.1) is 0 Å². The first kappa shape index (κ1) is 12.2. The van der Waals surface area contributed by atoms with E-state index in [4.69, 9.17) is 14.6 Å². The van der Waals surface area contributed by atoms with E-state index in [0.717, 1.165) is 0 Å². The predicted molar refractivity (Wildman–Crippen MR) is 61.8 cm³/mol. The molecule has 0 unspecified atom stereocenters. The van der Waals surface area contributed by atoms with E-state index in [2.05, 4.69) is 0 Å². The summed E-state index contributed by atoms with van der Waals surface area (Å²) < 4.78 is 10.3. The Hall–Kier alpha value is -2.24. The van der Waals surface area contributed by atoms with Crippen LogP contribution in [0.15, 0.2) is 18.2 Å². The van der Waals surface area contributed by atoms with Crippen molar-refractivity contribution in [2.24, 2.45) is 0 Å². The van der Waals surface area contributed by atoms with Crippen LogP contribution in [-0.4, -0.2) is 41.8 Å². The second-order valence-corrected chi connectivity index (χ2v) is 4.00. The summed E-state index contributed by atoms with van der Waals surface area (Å²) in [5, 5.41) is 8.86. The zero-order valence-corrected chi connectivity index (χ0v) is 10.0. The Morgan fingerprint density at radius 2 is 2.00 bits per heavy atom. The summed E-state index contributed by atoms with van der Waals surface area (Å²) in [5.41, 5.74) is 0.370. The van der Waals surface area contributed by atoms with Crippen molar-refractivity contribution in [1.82, 2.24) is 4.90 Å². The number of amides is 1. The standard InChI is InChI=1S/C12H13NO5/c1-7(12(15)16)13(2)11(14)8-3-4-9-10(5-8)18-6-17-9/h3-5,7H,6H2,1-2H3,(H,15,16)/t7-/m1/s1.